The first-order valence-electron chi connectivity index (χ1n) is 10.0. The molecule has 166 valence electrons. The third-order valence-electron chi connectivity index (χ3n) is 4.57. The van der Waals surface area contributed by atoms with Gasteiger partial charge in [0.2, 0.25) is 0 Å². The summed E-state index contributed by atoms with van der Waals surface area (Å²) in [6.07, 6.45) is 4.00. The van der Waals surface area contributed by atoms with Crippen LogP contribution in [0.1, 0.15) is 54.9 Å². The average Bonchev–Trinajstić information content (AvgIpc) is 2.77. The van der Waals surface area contributed by atoms with Gasteiger partial charge < -0.3 is 10.1 Å². The molecule has 31 heavy (non-hydrogen) atoms. The molecule has 5 nitrogen and oxygen atoms in total. The number of anilines is 1. The van der Waals surface area contributed by atoms with Crippen molar-refractivity contribution in [2.45, 2.75) is 45.4 Å². The van der Waals surface area contributed by atoms with Gasteiger partial charge in [-0.3, -0.25) is 14.4 Å². The Hall–Kier alpha value is -3.16. The molecule has 8 heteroatoms. The second-order valence-electron chi connectivity index (χ2n) is 7.01. The van der Waals surface area contributed by atoms with Crippen LogP contribution in [0.2, 0.25) is 0 Å². The number of carbonyl (C=O) groups is 3. The molecule has 0 bridgehead atoms. The van der Waals surface area contributed by atoms with Gasteiger partial charge in [0.1, 0.15) is 0 Å². The van der Waals surface area contributed by atoms with Gasteiger partial charge in [-0.2, -0.15) is 0 Å². The van der Waals surface area contributed by atoms with E-state index in [1.54, 1.807) is 12.1 Å². The quantitative estimate of drug-likeness (QED) is 0.234. The Morgan fingerprint density at radius 2 is 1.61 bits per heavy atom. The van der Waals surface area contributed by atoms with Crippen LogP contribution in [0.25, 0.3) is 0 Å². The lowest BCUT2D eigenvalue weighted by atomic mass is 10.0. The first-order chi connectivity index (χ1) is 14.8. The van der Waals surface area contributed by atoms with Gasteiger partial charge in [0.25, 0.3) is 5.91 Å². The van der Waals surface area contributed by atoms with Crippen molar-refractivity contribution in [3.05, 3.63) is 65.0 Å². The van der Waals surface area contributed by atoms with Gasteiger partial charge in [0.05, 0.1) is 12.1 Å². The number of amides is 1. The topological polar surface area (TPSA) is 72.5 Å². The number of ether oxygens (including phenoxy) is 1. The summed E-state index contributed by atoms with van der Waals surface area (Å²) < 4.78 is 44.3. The van der Waals surface area contributed by atoms with E-state index >= 15 is 0 Å². The molecule has 0 aliphatic rings. The summed E-state index contributed by atoms with van der Waals surface area (Å²) in [5, 5.41) is 1.98. The zero-order valence-electron chi connectivity index (χ0n) is 17.2. The fourth-order valence-corrected chi connectivity index (χ4v) is 2.82. The van der Waals surface area contributed by atoms with Crippen molar-refractivity contribution in [1.29, 1.82) is 0 Å². The highest BCUT2D eigenvalue weighted by atomic mass is 19.2. The molecule has 0 radical (unpaired) electrons. The Kier molecular flexibility index (Phi) is 9.24. The molecule has 0 atom stereocenters. The third-order valence-corrected chi connectivity index (χ3v) is 4.57. The van der Waals surface area contributed by atoms with Crippen LogP contribution < -0.4 is 5.32 Å². The van der Waals surface area contributed by atoms with E-state index in [1.807, 2.05) is 17.4 Å². The van der Waals surface area contributed by atoms with Gasteiger partial charge in [-0.15, -0.1) is 0 Å². The molecule has 2 aromatic carbocycles. The number of unbranched alkanes of at least 4 members (excludes halogenated alkanes) is 2. The van der Waals surface area contributed by atoms with E-state index in [1.165, 1.54) is 0 Å². The lowest BCUT2D eigenvalue weighted by Crippen LogP contribution is -2.22. The van der Waals surface area contributed by atoms with E-state index < -0.39 is 41.6 Å². The maximum absolute atomic E-state index is 13.5. The Morgan fingerprint density at radius 3 is 2.29 bits per heavy atom. The van der Waals surface area contributed by atoms with Crippen LogP contribution in [0.4, 0.5) is 18.9 Å². The van der Waals surface area contributed by atoms with E-state index in [0.29, 0.717) is 11.6 Å². The molecule has 1 amide bonds. The molecule has 0 aromatic heterocycles. The number of halogens is 3. The van der Waals surface area contributed by atoms with Gasteiger partial charge in [0, 0.05) is 12.0 Å². The summed E-state index contributed by atoms with van der Waals surface area (Å²) in [4.78, 5) is 35.7. The normalized spacial score (nSPS) is 10.6. The van der Waals surface area contributed by atoms with Crippen molar-refractivity contribution >= 4 is 23.3 Å². The number of esters is 1. The van der Waals surface area contributed by atoms with Crippen molar-refractivity contribution < 1.29 is 32.3 Å². The van der Waals surface area contributed by atoms with Crippen LogP contribution in [0, 0.1) is 17.5 Å². The van der Waals surface area contributed by atoms with Crippen LogP contribution in [-0.2, 0) is 20.7 Å². The lowest BCUT2D eigenvalue weighted by Gasteiger charge is -2.08. The summed E-state index contributed by atoms with van der Waals surface area (Å²) in [7, 11) is 0. The summed E-state index contributed by atoms with van der Waals surface area (Å²) in [6.45, 7) is 1.38. The molecule has 1 N–H and O–H groups in total. The van der Waals surface area contributed by atoms with Gasteiger partial charge in [-0.1, -0.05) is 44.0 Å². The summed E-state index contributed by atoms with van der Waals surface area (Å²) in [6, 6.07) is 8.73. The molecule has 2 aromatic rings. The second kappa shape index (κ2) is 11.9. The molecule has 0 heterocycles. The zero-order valence-corrected chi connectivity index (χ0v) is 17.2. The molecule has 0 saturated carbocycles. The predicted molar refractivity (Wildman–Crippen MR) is 109 cm³/mol. The fraction of sp³-hybridized carbons (Fsp3) is 0.348. The van der Waals surface area contributed by atoms with E-state index in [9.17, 15) is 27.6 Å². The van der Waals surface area contributed by atoms with Crippen LogP contribution in [-0.4, -0.2) is 24.3 Å². The molecule has 0 fully saturated rings. The van der Waals surface area contributed by atoms with E-state index in [0.717, 1.165) is 37.3 Å². The van der Waals surface area contributed by atoms with Crippen LogP contribution in [0.15, 0.2) is 36.4 Å². The molecular weight excluding hydrogens is 411 g/mol. The Bertz CT molecular complexity index is 929. The average molecular weight is 435 g/mol. The van der Waals surface area contributed by atoms with Gasteiger partial charge in [0.15, 0.2) is 29.8 Å². The van der Waals surface area contributed by atoms with E-state index in [-0.39, 0.29) is 18.6 Å². The SMILES string of the molecule is CCCCCc1ccc(C(=O)CCC(=O)OCC(=O)Nc2ccc(F)c(F)c2F)cc1. The summed E-state index contributed by atoms with van der Waals surface area (Å²) in [5.41, 5.74) is 1.06. The minimum atomic E-state index is -1.72. The van der Waals surface area contributed by atoms with Crippen LogP contribution >= 0.6 is 0 Å². The van der Waals surface area contributed by atoms with Crippen molar-refractivity contribution in [2.75, 3.05) is 11.9 Å². The molecular formula is C23H24F3NO4. The molecule has 0 spiro atoms. The van der Waals surface area contributed by atoms with Gasteiger partial charge >= 0.3 is 5.97 Å². The number of carbonyl (C=O) groups excluding carboxylic acids is 3. The highest BCUT2D eigenvalue weighted by Gasteiger charge is 2.16. The number of ketones is 1. The minimum absolute atomic E-state index is 0.0898. The van der Waals surface area contributed by atoms with Gasteiger partial charge in [-0.25, -0.2) is 13.2 Å². The lowest BCUT2D eigenvalue weighted by molar-refractivity contribution is -0.147. The van der Waals surface area contributed by atoms with Gasteiger partial charge in [-0.05, 0) is 30.5 Å². The third kappa shape index (κ3) is 7.55. The summed E-state index contributed by atoms with van der Waals surface area (Å²) >= 11 is 0. The largest absolute Gasteiger partial charge is 0.456 e. The maximum Gasteiger partial charge on any atom is 0.306 e. The molecule has 2 rings (SSSR count). The number of aryl methyl sites for hydroxylation is 1. The number of rotatable bonds is 11. The van der Waals surface area contributed by atoms with Crippen molar-refractivity contribution in [2.24, 2.45) is 0 Å². The highest BCUT2D eigenvalue weighted by molar-refractivity contribution is 5.98. The van der Waals surface area contributed by atoms with E-state index in [2.05, 4.69) is 6.92 Å². The first-order valence-corrected chi connectivity index (χ1v) is 10.0. The second-order valence-corrected chi connectivity index (χ2v) is 7.01. The Morgan fingerprint density at radius 1 is 0.903 bits per heavy atom. The number of hydrogen-bond acceptors (Lipinski definition) is 4. The van der Waals surface area contributed by atoms with Crippen molar-refractivity contribution in [3.8, 4) is 0 Å². The molecule has 0 unspecified atom stereocenters. The fourth-order valence-electron chi connectivity index (χ4n) is 2.82. The van der Waals surface area contributed by atoms with E-state index in [4.69, 9.17) is 4.74 Å². The summed E-state index contributed by atoms with van der Waals surface area (Å²) in [5.74, 6) is -6.61. The molecule has 0 aliphatic heterocycles. The van der Waals surface area contributed by atoms with Crippen molar-refractivity contribution in [3.63, 3.8) is 0 Å². The highest BCUT2D eigenvalue weighted by Crippen LogP contribution is 2.19. The number of Topliss-reactive ketones (excluding diaryl/α,β-unsaturated/α-hetero) is 1. The molecule has 0 saturated heterocycles. The number of nitrogens with one attached hydrogen (secondary N) is 1. The Labute approximate surface area is 178 Å². The zero-order chi connectivity index (χ0) is 22.8. The number of benzene rings is 2. The standard InChI is InChI=1S/C23H24F3NO4/c1-2-3-4-5-15-6-8-16(9-7-15)19(28)12-13-21(30)31-14-20(29)27-18-11-10-17(24)22(25)23(18)26/h6-11H,2-5,12-14H2,1H3,(H,27,29). The minimum Gasteiger partial charge on any atom is -0.456 e. The first kappa shape index (κ1) is 24.1. The van der Waals surface area contributed by atoms with Crippen LogP contribution in [0.5, 0.6) is 0 Å². The van der Waals surface area contributed by atoms with Crippen molar-refractivity contribution in [1.82, 2.24) is 0 Å². The smallest absolute Gasteiger partial charge is 0.306 e. The predicted octanol–water partition coefficient (Wildman–Crippen LogP) is 4.98. The molecule has 0 aliphatic carbocycles. The van der Waals surface area contributed by atoms with Crippen LogP contribution in [0.3, 0.4) is 0 Å². The monoisotopic (exact) mass is 435 g/mol. The maximum atomic E-state index is 13.5. The Balaban J connectivity index is 1.74. The number of hydrogen-bond donors (Lipinski definition) is 1.